The van der Waals surface area contributed by atoms with Gasteiger partial charge in [-0.2, -0.15) is 0 Å². The van der Waals surface area contributed by atoms with Gasteiger partial charge in [-0.3, -0.25) is 0 Å². The summed E-state index contributed by atoms with van der Waals surface area (Å²) in [5, 5.41) is 8.64. The first-order valence-corrected chi connectivity index (χ1v) is 10.5. The van der Waals surface area contributed by atoms with Gasteiger partial charge in [0.25, 0.3) is 0 Å². The zero-order valence-electron chi connectivity index (χ0n) is 16.2. The summed E-state index contributed by atoms with van der Waals surface area (Å²) in [4.78, 5) is 0. The van der Waals surface area contributed by atoms with Crippen LogP contribution in [-0.4, -0.2) is 11.4 Å². The molecule has 2 N–H and O–H groups in total. The fourth-order valence-corrected chi connectivity index (χ4v) is 5.06. The molecule has 2 heterocycles. The predicted molar refractivity (Wildman–Crippen MR) is 114 cm³/mol. The number of anilines is 2. The molecule has 4 nitrogen and oxygen atoms in total. The lowest BCUT2D eigenvalue weighted by Crippen LogP contribution is -2.75. The number of ether oxygens (including phenoxy) is 2. The van der Waals surface area contributed by atoms with Crippen LogP contribution in [0, 0.1) is 11.3 Å². The fraction of sp³-hybridized carbons (Fsp3) is 0.455. The highest BCUT2D eigenvalue weighted by Gasteiger charge is 2.65. The lowest BCUT2D eigenvalue weighted by atomic mass is 9.66. The molecule has 2 aromatic rings. The van der Waals surface area contributed by atoms with E-state index >= 15 is 0 Å². The van der Waals surface area contributed by atoms with E-state index in [0.717, 1.165) is 42.1 Å². The molecule has 1 aliphatic carbocycles. The highest BCUT2D eigenvalue weighted by Crippen LogP contribution is 2.57. The third-order valence-corrected chi connectivity index (χ3v) is 6.85. The van der Waals surface area contributed by atoms with Crippen LogP contribution >= 0.6 is 23.2 Å². The van der Waals surface area contributed by atoms with Crippen LogP contribution < -0.4 is 20.1 Å². The normalized spacial score (nSPS) is 30.2. The second kappa shape index (κ2) is 5.87. The van der Waals surface area contributed by atoms with Gasteiger partial charge >= 0.3 is 0 Å². The van der Waals surface area contributed by atoms with E-state index in [9.17, 15) is 0 Å². The average Bonchev–Trinajstić information content (AvgIpc) is 2.61. The minimum absolute atomic E-state index is 0.167. The molecule has 28 heavy (non-hydrogen) atoms. The first-order valence-electron chi connectivity index (χ1n) is 9.73. The van der Waals surface area contributed by atoms with Crippen LogP contribution in [0.2, 0.25) is 10.0 Å². The van der Waals surface area contributed by atoms with E-state index in [1.165, 1.54) is 0 Å². The molecule has 2 aliphatic heterocycles. The molecule has 148 valence electrons. The van der Waals surface area contributed by atoms with Crippen molar-refractivity contribution in [1.82, 2.24) is 0 Å². The molecule has 0 unspecified atom stereocenters. The Bertz CT molecular complexity index is 958. The standard InChI is InChI=1S/C22H24Cl2N2O2/c1-20(2,3)13-8-9-21-22(12-13,26-17-7-5-14(23)10-18(17)27-21)28-19-11-15(24)4-6-16(19)25-21/h4-7,10-11,13,25-26H,8-9,12H2,1-3H3/t13-,21-,22-/m1/s1. The summed E-state index contributed by atoms with van der Waals surface area (Å²) in [6, 6.07) is 11.4. The van der Waals surface area contributed by atoms with Crippen molar-refractivity contribution in [2.75, 3.05) is 10.6 Å². The summed E-state index contributed by atoms with van der Waals surface area (Å²) in [6.07, 6.45) is 2.68. The van der Waals surface area contributed by atoms with E-state index in [4.69, 9.17) is 32.7 Å². The van der Waals surface area contributed by atoms with Crippen molar-refractivity contribution in [2.45, 2.75) is 51.5 Å². The van der Waals surface area contributed by atoms with E-state index in [1.54, 1.807) is 0 Å². The Balaban J connectivity index is 1.66. The van der Waals surface area contributed by atoms with Crippen LogP contribution in [0.4, 0.5) is 11.4 Å². The van der Waals surface area contributed by atoms with Gasteiger partial charge in [0.05, 0.1) is 11.4 Å². The van der Waals surface area contributed by atoms with Crippen LogP contribution in [0.5, 0.6) is 11.5 Å². The fourth-order valence-electron chi connectivity index (χ4n) is 4.73. The molecule has 0 bridgehead atoms. The predicted octanol–water partition coefficient (Wildman–Crippen LogP) is 6.54. The maximum absolute atomic E-state index is 6.70. The minimum atomic E-state index is -0.734. The molecule has 3 aliphatic rings. The molecule has 0 radical (unpaired) electrons. The van der Waals surface area contributed by atoms with Gasteiger partial charge in [-0.1, -0.05) is 44.0 Å². The van der Waals surface area contributed by atoms with Gasteiger partial charge in [0, 0.05) is 35.0 Å². The Morgan fingerprint density at radius 1 is 0.893 bits per heavy atom. The summed E-state index contributed by atoms with van der Waals surface area (Å²) < 4.78 is 13.3. The summed E-state index contributed by atoms with van der Waals surface area (Å²) in [5.74, 6) is 1.96. The lowest BCUT2D eigenvalue weighted by molar-refractivity contribution is -0.147. The van der Waals surface area contributed by atoms with Crippen LogP contribution in [0.3, 0.4) is 0 Å². The topological polar surface area (TPSA) is 42.5 Å². The highest BCUT2D eigenvalue weighted by molar-refractivity contribution is 6.31. The minimum Gasteiger partial charge on any atom is -0.459 e. The quantitative estimate of drug-likeness (QED) is 0.509. The van der Waals surface area contributed by atoms with Crippen molar-refractivity contribution >= 4 is 34.6 Å². The Hall–Kier alpha value is -1.78. The largest absolute Gasteiger partial charge is 0.459 e. The Kier molecular flexibility index (Phi) is 3.83. The van der Waals surface area contributed by atoms with Gasteiger partial charge in [-0.15, -0.1) is 0 Å². The van der Waals surface area contributed by atoms with Gasteiger partial charge in [0.15, 0.2) is 0 Å². The molecule has 0 aromatic heterocycles. The van der Waals surface area contributed by atoms with Gasteiger partial charge in [-0.05, 0) is 42.0 Å². The van der Waals surface area contributed by atoms with Gasteiger partial charge in [0.1, 0.15) is 11.5 Å². The van der Waals surface area contributed by atoms with Crippen molar-refractivity contribution < 1.29 is 9.47 Å². The number of fused-ring (bicyclic) bond motifs is 2. The zero-order valence-corrected chi connectivity index (χ0v) is 17.7. The third-order valence-electron chi connectivity index (χ3n) is 6.38. The van der Waals surface area contributed by atoms with E-state index < -0.39 is 11.4 Å². The Labute approximate surface area is 175 Å². The molecule has 6 heteroatoms. The monoisotopic (exact) mass is 418 g/mol. The van der Waals surface area contributed by atoms with Crippen LogP contribution in [0.25, 0.3) is 0 Å². The van der Waals surface area contributed by atoms with Crippen molar-refractivity contribution in [1.29, 1.82) is 0 Å². The zero-order chi connectivity index (χ0) is 19.7. The van der Waals surface area contributed by atoms with E-state index in [1.807, 2.05) is 36.4 Å². The van der Waals surface area contributed by atoms with Crippen molar-refractivity contribution in [3.8, 4) is 11.5 Å². The summed E-state index contributed by atoms with van der Waals surface area (Å²) >= 11 is 12.5. The molecule has 0 amide bonds. The SMILES string of the molecule is CC(C)(C)[C@@H]1CC[C@]23Nc4ccc(Cl)cc4O[C@@]2(C1)Nc1ccc(Cl)cc1O3. The smallest absolute Gasteiger partial charge is 0.240 e. The molecule has 2 aromatic carbocycles. The molecule has 0 spiro atoms. The lowest BCUT2D eigenvalue weighted by Gasteiger charge is -2.60. The van der Waals surface area contributed by atoms with Crippen LogP contribution in [0.1, 0.15) is 40.0 Å². The molecule has 1 saturated carbocycles. The highest BCUT2D eigenvalue weighted by atomic mass is 35.5. The number of benzene rings is 2. The van der Waals surface area contributed by atoms with Crippen molar-refractivity contribution in [2.24, 2.45) is 11.3 Å². The van der Waals surface area contributed by atoms with Gasteiger partial charge in [-0.25, -0.2) is 0 Å². The molecular weight excluding hydrogens is 395 g/mol. The van der Waals surface area contributed by atoms with E-state index in [0.29, 0.717) is 16.0 Å². The number of hydrogen-bond acceptors (Lipinski definition) is 4. The number of nitrogens with one attached hydrogen (secondary N) is 2. The Morgan fingerprint density at radius 2 is 1.43 bits per heavy atom. The average molecular weight is 419 g/mol. The van der Waals surface area contributed by atoms with Crippen LogP contribution in [-0.2, 0) is 0 Å². The maximum atomic E-state index is 6.70. The summed E-state index contributed by atoms with van der Waals surface area (Å²) in [5.41, 5.74) is 0.499. The van der Waals surface area contributed by atoms with Crippen molar-refractivity contribution in [3.05, 3.63) is 46.4 Å². The maximum Gasteiger partial charge on any atom is 0.240 e. The van der Waals surface area contributed by atoms with Gasteiger partial charge < -0.3 is 20.1 Å². The van der Waals surface area contributed by atoms with E-state index in [2.05, 4.69) is 31.4 Å². The second-order valence-electron chi connectivity index (χ2n) is 9.19. The van der Waals surface area contributed by atoms with Crippen molar-refractivity contribution in [3.63, 3.8) is 0 Å². The van der Waals surface area contributed by atoms with Crippen LogP contribution in [0.15, 0.2) is 36.4 Å². The third kappa shape index (κ3) is 2.65. The molecule has 0 saturated heterocycles. The first-order chi connectivity index (χ1) is 13.2. The second-order valence-corrected chi connectivity index (χ2v) is 10.1. The molecule has 1 fully saturated rings. The summed E-state index contributed by atoms with van der Waals surface area (Å²) in [6.45, 7) is 6.87. The molecule has 3 atom stereocenters. The number of halogens is 2. The summed E-state index contributed by atoms with van der Waals surface area (Å²) in [7, 11) is 0. The first kappa shape index (κ1) is 18.3. The van der Waals surface area contributed by atoms with Gasteiger partial charge in [0.2, 0.25) is 11.4 Å². The van der Waals surface area contributed by atoms with E-state index in [-0.39, 0.29) is 5.41 Å². The Morgan fingerprint density at radius 3 is 2.00 bits per heavy atom. The molecular formula is C22H24Cl2N2O2. The molecule has 5 rings (SSSR count). The number of hydrogen-bond donors (Lipinski definition) is 2. The number of rotatable bonds is 0.